The lowest BCUT2D eigenvalue weighted by Crippen LogP contribution is -2.47. The van der Waals surface area contributed by atoms with Crippen LogP contribution in [0.2, 0.25) is 0 Å². The molecule has 1 unspecified atom stereocenters. The van der Waals surface area contributed by atoms with Crippen molar-refractivity contribution >= 4 is 5.91 Å². The number of alkyl halides is 3. The Morgan fingerprint density at radius 3 is 2.73 bits per heavy atom. The van der Waals surface area contributed by atoms with Crippen LogP contribution in [0.15, 0.2) is 0 Å². The first-order chi connectivity index (χ1) is 6.95. The highest BCUT2D eigenvalue weighted by Gasteiger charge is 2.42. The second kappa shape index (κ2) is 4.83. The lowest BCUT2D eigenvalue weighted by molar-refractivity contribution is -0.187. The first-order valence-electron chi connectivity index (χ1n) is 4.94. The number of hydrogen-bond donors (Lipinski definition) is 1. The number of carbonyl (C=O) groups excluding carboxylic acids is 1. The molecule has 1 amide bonds. The predicted octanol–water partition coefficient (Wildman–Crippen LogP) is 1.01. The molecule has 88 valence electrons. The van der Waals surface area contributed by atoms with Crippen molar-refractivity contribution < 1.29 is 18.0 Å². The van der Waals surface area contributed by atoms with Crippen LogP contribution < -0.4 is 5.32 Å². The van der Waals surface area contributed by atoms with E-state index in [1.165, 1.54) is 4.90 Å². The second-order valence-corrected chi connectivity index (χ2v) is 3.75. The molecule has 1 saturated heterocycles. The molecule has 0 spiro atoms. The third-order valence-electron chi connectivity index (χ3n) is 2.57. The molecule has 0 aromatic rings. The highest BCUT2D eigenvalue weighted by atomic mass is 19.4. The Morgan fingerprint density at radius 1 is 1.53 bits per heavy atom. The molecule has 0 saturated carbocycles. The number of hydrogen-bond acceptors (Lipinski definition) is 2. The number of carbonyl (C=O) groups is 1. The van der Waals surface area contributed by atoms with Crippen molar-refractivity contribution in [1.82, 2.24) is 10.2 Å². The van der Waals surface area contributed by atoms with Crippen molar-refractivity contribution in [3.05, 3.63) is 0 Å². The quantitative estimate of drug-likeness (QED) is 0.759. The zero-order valence-corrected chi connectivity index (χ0v) is 8.60. The monoisotopic (exact) mass is 224 g/mol. The van der Waals surface area contributed by atoms with Crippen molar-refractivity contribution in [2.45, 2.75) is 19.0 Å². The maximum Gasteiger partial charge on any atom is 0.393 e. The van der Waals surface area contributed by atoms with E-state index in [4.69, 9.17) is 0 Å². The smallest absolute Gasteiger partial charge is 0.341 e. The van der Waals surface area contributed by atoms with Crippen molar-refractivity contribution in [2.75, 3.05) is 26.7 Å². The van der Waals surface area contributed by atoms with Crippen LogP contribution in [-0.2, 0) is 4.79 Å². The molecule has 1 aliphatic rings. The molecular formula is C9H15F3N2O. The topological polar surface area (TPSA) is 32.3 Å². The normalized spacial score (nSPS) is 22.9. The average molecular weight is 224 g/mol. The van der Waals surface area contributed by atoms with Crippen LogP contribution in [-0.4, -0.2) is 43.7 Å². The number of likely N-dealkylation sites (N-methyl/N-ethyl adjacent to an activating group) is 1. The molecular weight excluding hydrogens is 209 g/mol. The lowest BCUT2D eigenvalue weighted by atomic mass is 9.97. The zero-order valence-electron chi connectivity index (χ0n) is 8.60. The van der Waals surface area contributed by atoms with Crippen LogP contribution in [0.5, 0.6) is 0 Å². The summed E-state index contributed by atoms with van der Waals surface area (Å²) in [5.41, 5.74) is 0. The molecule has 0 radical (unpaired) electrons. The van der Waals surface area contributed by atoms with Crippen LogP contribution in [0, 0.1) is 5.92 Å². The molecule has 1 atom stereocenters. The Balaban J connectivity index is 2.52. The number of likely N-dealkylation sites (tertiary alicyclic amines) is 1. The summed E-state index contributed by atoms with van der Waals surface area (Å²) in [7, 11) is 1.60. The highest BCUT2D eigenvalue weighted by molar-refractivity contribution is 5.78. The second-order valence-electron chi connectivity index (χ2n) is 3.75. The minimum absolute atomic E-state index is 0.102. The predicted molar refractivity (Wildman–Crippen MR) is 49.3 cm³/mol. The summed E-state index contributed by atoms with van der Waals surface area (Å²) in [4.78, 5) is 12.7. The van der Waals surface area contributed by atoms with E-state index in [0.717, 1.165) is 0 Å². The van der Waals surface area contributed by atoms with E-state index in [2.05, 4.69) is 5.32 Å². The van der Waals surface area contributed by atoms with Gasteiger partial charge in [-0.3, -0.25) is 4.79 Å². The average Bonchev–Trinajstić information content (AvgIpc) is 2.17. The van der Waals surface area contributed by atoms with Crippen molar-refractivity contribution in [3.63, 3.8) is 0 Å². The van der Waals surface area contributed by atoms with Gasteiger partial charge in [0.1, 0.15) is 0 Å². The molecule has 15 heavy (non-hydrogen) atoms. The molecule has 0 bridgehead atoms. The van der Waals surface area contributed by atoms with Gasteiger partial charge in [-0.25, -0.2) is 0 Å². The Morgan fingerprint density at radius 2 is 2.20 bits per heavy atom. The first kappa shape index (κ1) is 12.3. The lowest BCUT2D eigenvalue weighted by Gasteiger charge is -2.33. The number of rotatable bonds is 2. The molecule has 0 aliphatic carbocycles. The van der Waals surface area contributed by atoms with Gasteiger partial charge < -0.3 is 10.2 Å². The van der Waals surface area contributed by atoms with Gasteiger partial charge >= 0.3 is 6.18 Å². The van der Waals surface area contributed by atoms with E-state index in [1.807, 2.05) is 0 Å². The Kier molecular flexibility index (Phi) is 3.96. The van der Waals surface area contributed by atoms with E-state index in [0.29, 0.717) is 13.0 Å². The molecule has 3 nitrogen and oxygen atoms in total. The molecule has 1 N–H and O–H groups in total. The van der Waals surface area contributed by atoms with Crippen molar-refractivity contribution in [3.8, 4) is 0 Å². The fraction of sp³-hybridized carbons (Fsp3) is 0.889. The maximum atomic E-state index is 12.4. The summed E-state index contributed by atoms with van der Waals surface area (Å²) in [6.07, 6.45) is -3.62. The molecule has 1 aliphatic heterocycles. The van der Waals surface area contributed by atoms with Gasteiger partial charge in [0, 0.05) is 13.1 Å². The summed E-state index contributed by atoms with van der Waals surface area (Å²) in [6.45, 7) is 0.349. The fourth-order valence-corrected chi connectivity index (χ4v) is 1.73. The fourth-order valence-electron chi connectivity index (χ4n) is 1.73. The summed E-state index contributed by atoms with van der Waals surface area (Å²) in [6, 6.07) is 0. The van der Waals surface area contributed by atoms with Gasteiger partial charge in [0.2, 0.25) is 5.91 Å². The van der Waals surface area contributed by atoms with E-state index < -0.39 is 12.1 Å². The molecule has 1 heterocycles. The van der Waals surface area contributed by atoms with Gasteiger partial charge in [0.15, 0.2) is 0 Å². The summed E-state index contributed by atoms with van der Waals surface area (Å²) < 4.78 is 37.2. The first-order valence-corrected chi connectivity index (χ1v) is 4.94. The molecule has 1 fully saturated rings. The van der Waals surface area contributed by atoms with Gasteiger partial charge in [-0.2, -0.15) is 13.2 Å². The van der Waals surface area contributed by atoms with E-state index >= 15 is 0 Å². The summed E-state index contributed by atoms with van der Waals surface area (Å²) in [5.74, 6) is -1.61. The van der Waals surface area contributed by atoms with Crippen LogP contribution in [0.25, 0.3) is 0 Å². The van der Waals surface area contributed by atoms with Crippen LogP contribution in [0.4, 0.5) is 13.2 Å². The van der Waals surface area contributed by atoms with Gasteiger partial charge in [0.25, 0.3) is 0 Å². The number of nitrogens with zero attached hydrogens (tertiary/aromatic N) is 1. The number of amides is 1. The van der Waals surface area contributed by atoms with E-state index in [9.17, 15) is 18.0 Å². The third-order valence-corrected chi connectivity index (χ3v) is 2.57. The molecule has 0 aromatic heterocycles. The maximum absolute atomic E-state index is 12.4. The highest BCUT2D eigenvalue weighted by Crippen LogP contribution is 2.32. The minimum Gasteiger partial charge on any atom is -0.341 e. The third kappa shape index (κ3) is 3.37. The number of piperidine rings is 1. The van der Waals surface area contributed by atoms with Crippen LogP contribution in [0.1, 0.15) is 12.8 Å². The molecule has 1 rings (SSSR count). The minimum atomic E-state index is -4.18. The van der Waals surface area contributed by atoms with Crippen LogP contribution >= 0.6 is 0 Å². The Hall–Kier alpha value is -0.780. The Labute approximate surface area is 86.6 Å². The summed E-state index contributed by atoms with van der Waals surface area (Å²) >= 11 is 0. The number of halogens is 3. The largest absolute Gasteiger partial charge is 0.393 e. The molecule has 6 heteroatoms. The summed E-state index contributed by atoms with van der Waals surface area (Å²) in [5, 5.41) is 2.65. The Bertz CT molecular complexity index is 230. The van der Waals surface area contributed by atoms with E-state index in [-0.39, 0.29) is 25.4 Å². The van der Waals surface area contributed by atoms with Crippen molar-refractivity contribution in [2.24, 2.45) is 5.92 Å². The van der Waals surface area contributed by atoms with Gasteiger partial charge in [0.05, 0.1) is 12.5 Å². The van der Waals surface area contributed by atoms with Crippen molar-refractivity contribution in [1.29, 1.82) is 0 Å². The van der Waals surface area contributed by atoms with Gasteiger partial charge in [-0.1, -0.05) is 0 Å². The molecule has 0 aromatic carbocycles. The van der Waals surface area contributed by atoms with Gasteiger partial charge in [-0.05, 0) is 19.9 Å². The zero-order chi connectivity index (χ0) is 11.5. The standard InChI is InChI=1S/C9H15F3N2O/c1-13-5-8(15)14-4-2-3-7(6-14)9(10,11)12/h7,13H,2-6H2,1H3. The SMILES string of the molecule is CNCC(=O)N1CCCC(C(F)(F)F)C1. The van der Waals surface area contributed by atoms with E-state index in [1.54, 1.807) is 7.05 Å². The van der Waals surface area contributed by atoms with Crippen LogP contribution in [0.3, 0.4) is 0 Å². The number of nitrogens with one attached hydrogen (secondary N) is 1. The van der Waals surface area contributed by atoms with Gasteiger partial charge in [-0.15, -0.1) is 0 Å².